The Morgan fingerprint density at radius 1 is 1.17 bits per heavy atom. The molecule has 3 N–H and O–H groups in total. The topological polar surface area (TPSA) is 77.5 Å². The van der Waals surface area contributed by atoms with Crippen LogP contribution in [0.2, 0.25) is 0 Å². The Morgan fingerprint density at radius 3 is 2.81 bits per heavy atom. The second kappa shape index (κ2) is 9.46. The normalized spacial score (nSPS) is 29.6. The predicted molar refractivity (Wildman–Crippen MR) is 145 cm³/mol. The summed E-state index contributed by atoms with van der Waals surface area (Å²) < 4.78 is 0. The molecule has 4 unspecified atom stereocenters. The maximum absolute atomic E-state index is 13.4. The number of fused-ring (bicyclic) bond motifs is 2. The fraction of sp³-hybridized carbons (Fsp3) is 0.600. The molecule has 3 aliphatic carbocycles. The summed E-state index contributed by atoms with van der Waals surface area (Å²) in [6.45, 7) is 7.15. The van der Waals surface area contributed by atoms with Crippen LogP contribution in [0.5, 0.6) is 0 Å². The third-order valence-electron chi connectivity index (χ3n) is 9.37. The van der Waals surface area contributed by atoms with Crippen molar-refractivity contribution in [2.75, 3.05) is 36.5 Å². The van der Waals surface area contributed by atoms with Gasteiger partial charge in [0, 0.05) is 37.5 Å². The number of carbonyl (C=O) groups excluding carboxylic acids is 1. The van der Waals surface area contributed by atoms with E-state index in [-0.39, 0.29) is 17.9 Å². The van der Waals surface area contributed by atoms with E-state index in [1.165, 1.54) is 19.3 Å². The van der Waals surface area contributed by atoms with Gasteiger partial charge in [-0.3, -0.25) is 4.79 Å². The molecule has 2 heterocycles. The summed E-state index contributed by atoms with van der Waals surface area (Å²) in [5.74, 6) is 3.30. The Balaban J connectivity index is 1.16. The minimum absolute atomic E-state index is 0.157. The van der Waals surface area contributed by atoms with Gasteiger partial charge in [-0.2, -0.15) is 0 Å². The number of rotatable bonds is 7. The number of nitrogens with one attached hydrogen (secondary N) is 2. The third-order valence-corrected chi connectivity index (χ3v) is 9.37. The van der Waals surface area contributed by atoms with Crippen molar-refractivity contribution in [2.45, 2.75) is 64.8 Å². The number of pyridine rings is 1. The summed E-state index contributed by atoms with van der Waals surface area (Å²) in [6, 6.07) is 8.86. The minimum atomic E-state index is 0.157. The van der Waals surface area contributed by atoms with Crippen LogP contribution in [0.4, 0.5) is 11.5 Å². The Morgan fingerprint density at radius 2 is 2.00 bits per heavy atom. The van der Waals surface area contributed by atoms with Gasteiger partial charge in [-0.15, -0.1) is 0 Å². The van der Waals surface area contributed by atoms with Crippen molar-refractivity contribution in [2.24, 2.45) is 23.2 Å². The van der Waals surface area contributed by atoms with Gasteiger partial charge in [0.05, 0.1) is 17.8 Å². The van der Waals surface area contributed by atoms with E-state index < -0.39 is 0 Å². The van der Waals surface area contributed by atoms with Gasteiger partial charge >= 0.3 is 0 Å². The third kappa shape index (κ3) is 4.43. The molecule has 1 saturated heterocycles. The van der Waals surface area contributed by atoms with E-state index in [0.29, 0.717) is 24.9 Å². The summed E-state index contributed by atoms with van der Waals surface area (Å²) in [5, 5.41) is 16.8. The maximum atomic E-state index is 13.4. The molecule has 192 valence electrons. The number of anilines is 2. The zero-order valence-electron chi connectivity index (χ0n) is 21.7. The number of hydrogen-bond donors (Lipinski definition) is 3. The Hall–Kier alpha value is -2.44. The molecule has 2 saturated carbocycles. The number of hydrogen-bond acceptors (Lipinski definition) is 5. The van der Waals surface area contributed by atoms with Crippen molar-refractivity contribution in [3.63, 3.8) is 0 Å². The average Bonchev–Trinajstić information content (AvgIpc) is 3.07. The van der Waals surface area contributed by atoms with Crippen molar-refractivity contribution >= 4 is 28.3 Å². The van der Waals surface area contributed by atoms with E-state index >= 15 is 0 Å². The molecule has 0 radical (unpaired) electrons. The average molecular weight is 489 g/mol. The Labute approximate surface area is 214 Å². The van der Waals surface area contributed by atoms with Crippen molar-refractivity contribution < 1.29 is 9.90 Å². The van der Waals surface area contributed by atoms with Crippen LogP contribution in [0.1, 0.15) is 57.4 Å². The van der Waals surface area contributed by atoms with Crippen LogP contribution < -0.4 is 15.5 Å². The first kappa shape index (κ1) is 23.9. The molecule has 0 spiro atoms. The number of aliphatic hydroxyl groups excluding tert-OH is 1. The zero-order chi connectivity index (χ0) is 24.9. The fourth-order valence-electron chi connectivity index (χ4n) is 7.79. The number of aliphatic hydroxyl groups is 1. The lowest BCUT2D eigenvalue weighted by molar-refractivity contribution is -0.118. The second-order valence-electron chi connectivity index (χ2n) is 12.1. The first-order valence-corrected chi connectivity index (χ1v) is 13.9. The fourth-order valence-corrected chi connectivity index (χ4v) is 7.79. The number of amides is 1. The van der Waals surface area contributed by atoms with Gasteiger partial charge in [-0.05, 0) is 92.4 Å². The summed E-state index contributed by atoms with van der Waals surface area (Å²) >= 11 is 0. The highest BCUT2D eigenvalue weighted by molar-refractivity contribution is 6.02. The van der Waals surface area contributed by atoms with E-state index in [9.17, 15) is 4.79 Å². The molecular weight excluding hydrogens is 448 g/mol. The lowest BCUT2D eigenvalue weighted by Crippen LogP contribution is -2.43. The smallest absolute Gasteiger partial charge is 0.224 e. The molecule has 4 atom stereocenters. The number of carbonyl (C=O) groups is 1. The molecule has 1 aromatic heterocycles. The van der Waals surface area contributed by atoms with Crippen LogP contribution in [0.3, 0.4) is 0 Å². The SMILES string of the molecule is Cc1ccc2nc(N3CCC(NCCO)CC3)ccc2c1NC(=O)CC12CC(C)C=C3CC(C1)C3C2. The van der Waals surface area contributed by atoms with E-state index in [1.54, 1.807) is 5.57 Å². The quantitative estimate of drug-likeness (QED) is 0.488. The number of benzene rings is 1. The van der Waals surface area contributed by atoms with Crippen molar-refractivity contribution in [1.82, 2.24) is 10.3 Å². The minimum Gasteiger partial charge on any atom is -0.395 e. The molecule has 1 aromatic carbocycles. The molecule has 6 heteroatoms. The van der Waals surface area contributed by atoms with Gasteiger partial charge in [0.25, 0.3) is 0 Å². The van der Waals surface area contributed by atoms with Crippen LogP contribution in [-0.2, 0) is 4.79 Å². The number of piperidine rings is 1. The molecule has 6 nitrogen and oxygen atoms in total. The summed E-state index contributed by atoms with van der Waals surface area (Å²) in [6.07, 6.45) is 10.1. The number of nitrogens with zero attached hydrogens (tertiary/aromatic N) is 2. The van der Waals surface area contributed by atoms with Crippen LogP contribution in [-0.4, -0.2) is 48.3 Å². The molecule has 6 rings (SSSR count). The maximum Gasteiger partial charge on any atom is 0.224 e. The first-order chi connectivity index (χ1) is 17.4. The highest BCUT2D eigenvalue weighted by Gasteiger charge is 2.54. The lowest BCUT2D eigenvalue weighted by atomic mass is 9.69. The van der Waals surface area contributed by atoms with Gasteiger partial charge in [-0.1, -0.05) is 24.6 Å². The van der Waals surface area contributed by atoms with E-state index in [0.717, 1.165) is 72.2 Å². The molecule has 1 aliphatic heterocycles. The molecule has 4 aliphatic rings. The van der Waals surface area contributed by atoms with Gasteiger partial charge in [0.15, 0.2) is 0 Å². The van der Waals surface area contributed by atoms with E-state index in [2.05, 4.69) is 59.7 Å². The van der Waals surface area contributed by atoms with Crippen molar-refractivity contribution in [1.29, 1.82) is 0 Å². The molecule has 36 heavy (non-hydrogen) atoms. The summed E-state index contributed by atoms with van der Waals surface area (Å²) in [7, 11) is 0. The van der Waals surface area contributed by atoms with E-state index in [1.807, 2.05) is 0 Å². The highest BCUT2D eigenvalue weighted by Crippen LogP contribution is 2.63. The number of aryl methyl sites for hydroxylation is 1. The van der Waals surface area contributed by atoms with Crippen LogP contribution >= 0.6 is 0 Å². The second-order valence-corrected chi connectivity index (χ2v) is 12.1. The van der Waals surface area contributed by atoms with Crippen molar-refractivity contribution in [3.05, 3.63) is 41.5 Å². The van der Waals surface area contributed by atoms with Gasteiger partial charge in [0.1, 0.15) is 5.82 Å². The molecule has 1 amide bonds. The summed E-state index contributed by atoms with van der Waals surface area (Å²) in [5.41, 5.74) is 4.77. The van der Waals surface area contributed by atoms with Gasteiger partial charge in [-0.25, -0.2) is 4.98 Å². The van der Waals surface area contributed by atoms with Gasteiger partial charge < -0.3 is 20.6 Å². The van der Waals surface area contributed by atoms with Crippen LogP contribution in [0.25, 0.3) is 10.9 Å². The first-order valence-electron chi connectivity index (χ1n) is 13.9. The van der Waals surface area contributed by atoms with E-state index in [4.69, 9.17) is 10.1 Å². The lowest BCUT2D eigenvalue weighted by Gasteiger charge is -2.36. The molecule has 3 fully saturated rings. The highest BCUT2D eigenvalue weighted by atomic mass is 16.3. The predicted octanol–water partition coefficient (Wildman–Crippen LogP) is 4.81. The molecular formula is C30H40N4O2. The number of allylic oxidation sites excluding steroid dienone is 2. The van der Waals surface area contributed by atoms with Gasteiger partial charge in [0.2, 0.25) is 5.91 Å². The number of aromatic nitrogens is 1. The monoisotopic (exact) mass is 488 g/mol. The van der Waals surface area contributed by atoms with Crippen LogP contribution in [0.15, 0.2) is 35.9 Å². The molecule has 2 aromatic rings. The van der Waals surface area contributed by atoms with Crippen LogP contribution in [0, 0.1) is 30.1 Å². The Kier molecular flexibility index (Phi) is 6.29. The molecule has 2 bridgehead atoms. The Bertz CT molecular complexity index is 1180. The van der Waals surface area contributed by atoms with Crippen molar-refractivity contribution in [3.8, 4) is 0 Å². The summed E-state index contributed by atoms with van der Waals surface area (Å²) in [4.78, 5) is 20.8. The zero-order valence-corrected chi connectivity index (χ0v) is 21.7. The standard InChI is InChI=1S/C30H40N4O2/c1-19-13-21-14-22-16-30(15-19,17-25(21)22)18-28(36)33-29-20(2)3-5-26-24(29)4-6-27(32-26)34-10-7-23(8-11-34)31-9-12-35/h3-6,13,19,22-23,25,31,35H,7-12,14-18H2,1-2H3,(H,33,36). The largest absolute Gasteiger partial charge is 0.395 e.